The van der Waals surface area contributed by atoms with Crippen LogP contribution in [0.5, 0.6) is 5.75 Å². The van der Waals surface area contributed by atoms with E-state index in [1.54, 1.807) is 7.11 Å². The zero-order chi connectivity index (χ0) is 12.5. The fourth-order valence-electron chi connectivity index (χ4n) is 2.22. The normalized spacial score (nSPS) is 18.7. The Labute approximate surface area is 100.0 Å². The van der Waals surface area contributed by atoms with Crippen molar-refractivity contribution in [3.05, 3.63) is 29.8 Å². The van der Waals surface area contributed by atoms with E-state index in [9.17, 15) is 9.59 Å². The monoisotopic (exact) mass is 233 g/mol. The molecule has 1 aromatic carbocycles. The quantitative estimate of drug-likeness (QED) is 0.785. The number of hydrogen-bond acceptors (Lipinski definition) is 3. The molecule has 1 aliphatic heterocycles. The van der Waals surface area contributed by atoms with Crippen LogP contribution < -0.4 is 10.1 Å². The van der Waals surface area contributed by atoms with Crippen molar-refractivity contribution in [1.29, 1.82) is 0 Å². The summed E-state index contributed by atoms with van der Waals surface area (Å²) in [5, 5.41) is 2.32. The molecular weight excluding hydrogens is 218 g/mol. The molecule has 0 bridgehead atoms. The van der Waals surface area contributed by atoms with Crippen LogP contribution in [0.15, 0.2) is 24.3 Å². The van der Waals surface area contributed by atoms with E-state index < -0.39 is 5.41 Å². The second-order valence-electron chi connectivity index (χ2n) is 4.62. The number of carbonyl (C=O) groups is 2. The highest BCUT2D eigenvalue weighted by Gasteiger charge is 2.37. The molecule has 0 aliphatic carbocycles. The molecule has 2 rings (SSSR count). The Morgan fingerprint density at radius 3 is 2.47 bits per heavy atom. The molecule has 1 aliphatic rings. The van der Waals surface area contributed by atoms with E-state index in [0.717, 1.165) is 11.3 Å². The van der Waals surface area contributed by atoms with Crippen molar-refractivity contribution in [2.24, 2.45) is 0 Å². The van der Waals surface area contributed by atoms with Gasteiger partial charge < -0.3 is 4.74 Å². The van der Waals surface area contributed by atoms with Crippen LogP contribution in [0.1, 0.15) is 25.3 Å². The van der Waals surface area contributed by atoms with Gasteiger partial charge in [0.1, 0.15) is 5.75 Å². The minimum Gasteiger partial charge on any atom is -0.497 e. The summed E-state index contributed by atoms with van der Waals surface area (Å²) >= 11 is 0. The number of piperidine rings is 1. The summed E-state index contributed by atoms with van der Waals surface area (Å²) < 4.78 is 5.16. The third-order valence-electron chi connectivity index (χ3n) is 3.15. The van der Waals surface area contributed by atoms with Crippen LogP contribution in [-0.4, -0.2) is 18.9 Å². The van der Waals surface area contributed by atoms with Gasteiger partial charge in [0, 0.05) is 18.3 Å². The lowest BCUT2D eigenvalue weighted by molar-refractivity contribution is -0.135. The number of amides is 2. The number of imide groups is 1. The number of ether oxygens (including phenoxy) is 1. The van der Waals surface area contributed by atoms with Crippen molar-refractivity contribution in [3.63, 3.8) is 0 Å². The summed E-state index contributed by atoms with van der Waals surface area (Å²) in [6.45, 7) is 1.93. The first-order chi connectivity index (χ1) is 8.03. The molecule has 1 N–H and O–H groups in total. The number of nitrogens with one attached hydrogen (secondary N) is 1. The average Bonchev–Trinajstić information content (AvgIpc) is 2.27. The number of methoxy groups -OCH3 is 1. The van der Waals surface area contributed by atoms with Crippen LogP contribution in [-0.2, 0) is 15.0 Å². The predicted molar refractivity (Wildman–Crippen MR) is 62.7 cm³/mol. The van der Waals surface area contributed by atoms with Gasteiger partial charge in [-0.15, -0.1) is 0 Å². The molecule has 0 saturated carbocycles. The first-order valence-corrected chi connectivity index (χ1v) is 5.51. The second kappa shape index (κ2) is 4.20. The Hall–Kier alpha value is -1.84. The van der Waals surface area contributed by atoms with Crippen LogP contribution in [0.25, 0.3) is 0 Å². The topological polar surface area (TPSA) is 55.4 Å². The van der Waals surface area contributed by atoms with Crippen molar-refractivity contribution in [2.45, 2.75) is 25.2 Å². The standard InChI is InChI=1S/C13H15NO3/c1-13(7-11(15)14-12(16)8-13)9-4-3-5-10(6-9)17-2/h3-6H,7-8H2,1-2H3,(H,14,15,16). The molecule has 90 valence electrons. The van der Waals surface area contributed by atoms with Gasteiger partial charge >= 0.3 is 0 Å². The van der Waals surface area contributed by atoms with Gasteiger partial charge in [0.2, 0.25) is 11.8 Å². The summed E-state index contributed by atoms with van der Waals surface area (Å²) in [5.41, 5.74) is 0.522. The summed E-state index contributed by atoms with van der Waals surface area (Å²) in [7, 11) is 1.60. The number of rotatable bonds is 2. The van der Waals surface area contributed by atoms with Gasteiger partial charge in [-0.05, 0) is 17.7 Å². The minimum absolute atomic E-state index is 0.216. The molecule has 1 saturated heterocycles. The van der Waals surface area contributed by atoms with E-state index >= 15 is 0 Å². The Balaban J connectivity index is 2.36. The lowest BCUT2D eigenvalue weighted by Crippen LogP contribution is -2.45. The molecule has 0 atom stereocenters. The van der Waals surface area contributed by atoms with E-state index in [0.29, 0.717) is 12.8 Å². The van der Waals surface area contributed by atoms with Crippen molar-refractivity contribution in [1.82, 2.24) is 5.32 Å². The van der Waals surface area contributed by atoms with Crippen molar-refractivity contribution >= 4 is 11.8 Å². The van der Waals surface area contributed by atoms with Crippen LogP contribution in [0.3, 0.4) is 0 Å². The van der Waals surface area contributed by atoms with Gasteiger partial charge in [0.15, 0.2) is 0 Å². The maximum Gasteiger partial charge on any atom is 0.227 e. The average molecular weight is 233 g/mol. The SMILES string of the molecule is COc1cccc(C2(C)CC(=O)NC(=O)C2)c1. The fraction of sp³-hybridized carbons (Fsp3) is 0.385. The zero-order valence-electron chi connectivity index (χ0n) is 9.95. The Morgan fingerprint density at radius 1 is 1.24 bits per heavy atom. The number of benzene rings is 1. The van der Waals surface area contributed by atoms with Gasteiger partial charge in [-0.3, -0.25) is 14.9 Å². The van der Waals surface area contributed by atoms with Crippen molar-refractivity contribution in [2.75, 3.05) is 7.11 Å². The first kappa shape index (κ1) is 11.6. The molecule has 17 heavy (non-hydrogen) atoms. The van der Waals surface area contributed by atoms with E-state index in [2.05, 4.69) is 5.32 Å². The summed E-state index contributed by atoms with van der Waals surface area (Å²) in [6, 6.07) is 7.52. The molecule has 2 amide bonds. The predicted octanol–water partition coefficient (Wildman–Crippen LogP) is 1.39. The Morgan fingerprint density at radius 2 is 1.88 bits per heavy atom. The summed E-state index contributed by atoms with van der Waals surface area (Å²) in [5.74, 6) is 0.306. The molecule has 1 fully saturated rings. The number of hydrogen-bond donors (Lipinski definition) is 1. The van der Waals surface area contributed by atoms with Gasteiger partial charge in [-0.2, -0.15) is 0 Å². The highest BCUT2D eigenvalue weighted by atomic mass is 16.5. The highest BCUT2D eigenvalue weighted by Crippen LogP contribution is 2.35. The molecule has 0 aromatic heterocycles. The molecule has 1 aromatic rings. The van der Waals surface area contributed by atoms with Gasteiger partial charge in [-0.25, -0.2) is 0 Å². The fourth-order valence-corrected chi connectivity index (χ4v) is 2.22. The van der Waals surface area contributed by atoms with E-state index in [1.807, 2.05) is 31.2 Å². The van der Waals surface area contributed by atoms with Crippen LogP contribution in [0, 0.1) is 0 Å². The Kier molecular flexibility index (Phi) is 2.88. The number of carbonyl (C=O) groups excluding carboxylic acids is 2. The lowest BCUT2D eigenvalue weighted by Gasteiger charge is -2.32. The van der Waals surface area contributed by atoms with Gasteiger partial charge in [0.25, 0.3) is 0 Å². The van der Waals surface area contributed by atoms with Crippen LogP contribution in [0.2, 0.25) is 0 Å². The first-order valence-electron chi connectivity index (χ1n) is 5.51. The molecule has 4 nitrogen and oxygen atoms in total. The Bertz CT molecular complexity index is 451. The van der Waals surface area contributed by atoms with Crippen LogP contribution in [0.4, 0.5) is 0 Å². The van der Waals surface area contributed by atoms with E-state index in [4.69, 9.17) is 4.74 Å². The largest absolute Gasteiger partial charge is 0.497 e. The maximum absolute atomic E-state index is 11.5. The third-order valence-corrected chi connectivity index (χ3v) is 3.15. The molecule has 4 heteroatoms. The van der Waals surface area contributed by atoms with Gasteiger partial charge in [-0.1, -0.05) is 19.1 Å². The lowest BCUT2D eigenvalue weighted by atomic mass is 9.74. The molecule has 1 heterocycles. The smallest absolute Gasteiger partial charge is 0.227 e. The molecule has 0 radical (unpaired) electrons. The minimum atomic E-state index is -0.437. The summed E-state index contributed by atoms with van der Waals surface area (Å²) in [4.78, 5) is 22.9. The van der Waals surface area contributed by atoms with Crippen molar-refractivity contribution < 1.29 is 14.3 Å². The maximum atomic E-state index is 11.5. The second-order valence-corrected chi connectivity index (χ2v) is 4.62. The summed E-state index contributed by atoms with van der Waals surface area (Å²) in [6.07, 6.45) is 0.651. The molecular formula is C13H15NO3. The van der Waals surface area contributed by atoms with Crippen molar-refractivity contribution in [3.8, 4) is 5.75 Å². The zero-order valence-corrected chi connectivity index (χ0v) is 9.95. The van der Waals surface area contributed by atoms with E-state index in [1.165, 1.54) is 0 Å². The van der Waals surface area contributed by atoms with Gasteiger partial charge in [0.05, 0.1) is 7.11 Å². The molecule has 0 spiro atoms. The van der Waals surface area contributed by atoms with Crippen LogP contribution >= 0.6 is 0 Å². The third kappa shape index (κ3) is 2.30. The molecule has 0 unspecified atom stereocenters. The van der Waals surface area contributed by atoms with E-state index in [-0.39, 0.29) is 11.8 Å². The highest BCUT2D eigenvalue weighted by molar-refractivity contribution is 5.99.